The van der Waals surface area contributed by atoms with Crippen LogP contribution in [-0.2, 0) is 22.6 Å². The number of H-pyrrole nitrogens is 1. The number of benzene rings is 1. The molecule has 4 rings (SSSR count). The van der Waals surface area contributed by atoms with Crippen LogP contribution in [0.15, 0.2) is 41.3 Å². The molecule has 0 spiro atoms. The molecule has 0 aliphatic carbocycles. The standard InChI is InChI=1S/C20H21N3O4/c1-27-17-5-3-2-4-16(17)23-12-14(9-19(23)25)20(26)22-7-6-13-8-18(24)21-10-15(13)11-22/h2-5,8,10,14H,6-7,9,11-12H2,1H3,(H,21,24). The van der Waals surface area contributed by atoms with Gasteiger partial charge in [-0.1, -0.05) is 12.1 Å². The smallest absolute Gasteiger partial charge is 0.248 e. The number of amides is 2. The Labute approximate surface area is 156 Å². The Morgan fingerprint density at radius 1 is 1.22 bits per heavy atom. The second-order valence-electron chi connectivity index (χ2n) is 6.93. The molecule has 1 aromatic heterocycles. The van der Waals surface area contributed by atoms with Crippen molar-refractivity contribution in [2.24, 2.45) is 5.92 Å². The number of carbonyl (C=O) groups excluding carboxylic acids is 2. The van der Waals surface area contributed by atoms with E-state index in [2.05, 4.69) is 4.98 Å². The van der Waals surface area contributed by atoms with E-state index in [1.54, 1.807) is 35.2 Å². The van der Waals surface area contributed by atoms with E-state index in [4.69, 9.17) is 4.74 Å². The summed E-state index contributed by atoms with van der Waals surface area (Å²) < 4.78 is 5.35. The van der Waals surface area contributed by atoms with E-state index in [9.17, 15) is 14.4 Å². The molecular weight excluding hydrogens is 346 g/mol. The zero-order chi connectivity index (χ0) is 19.0. The van der Waals surface area contributed by atoms with Crippen molar-refractivity contribution in [2.45, 2.75) is 19.4 Å². The molecule has 1 unspecified atom stereocenters. The van der Waals surface area contributed by atoms with Crippen LogP contribution in [0, 0.1) is 5.92 Å². The van der Waals surface area contributed by atoms with Crippen LogP contribution < -0.4 is 15.2 Å². The number of hydrogen-bond acceptors (Lipinski definition) is 4. The van der Waals surface area contributed by atoms with Gasteiger partial charge in [-0.15, -0.1) is 0 Å². The van der Waals surface area contributed by atoms with Crippen molar-refractivity contribution < 1.29 is 14.3 Å². The van der Waals surface area contributed by atoms with Gasteiger partial charge in [0, 0.05) is 38.3 Å². The summed E-state index contributed by atoms with van der Waals surface area (Å²) in [4.78, 5) is 43.1. The number of aromatic nitrogens is 1. The Kier molecular flexibility index (Phi) is 4.43. The minimum atomic E-state index is -0.369. The molecule has 0 bridgehead atoms. The van der Waals surface area contributed by atoms with Crippen molar-refractivity contribution in [2.75, 3.05) is 25.1 Å². The van der Waals surface area contributed by atoms with E-state index in [0.717, 1.165) is 11.1 Å². The quantitative estimate of drug-likeness (QED) is 0.887. The van der Waals surface area contributed by atoms with Crippen LogP contribution in [-0.4, -0.2) is 41.9 Å². The van der Waals surface area contributed by atoms with Gasteiger partial charge in [0.05, 0.1) is 18.7 Å². The number of hydrogen-bond donors (Lipinski definition) is 1. The van der Waals surface area contributed by atoms with Gasteiger partial charge in [0.1, 0.15) is 5.75 Å². The summed E-state index contributed by atoms with van der Waals surface area (Å²) >= 11 is 0. The first-order valence-electron chi connectivity index (χ1n) is 8.99. The van der Waals surface area contributed by atoms with E-state index in [-0.39, 0.29) is 29.7 Å². The molecule has 0 radical (unpaired) electrons. The van der Waals surface area contributed by atoms with Gasteiger partial charge in [-0.25, -0.2) is 0 Å². The highest BCUT2D eigenvalue weighted by Crippen LogP contribution is 2.33. The van der Waals surface area contributed by atoms with Crippen molar-refractivity contribution in [1.82, 2.24) is 9.88 Å². The number of aromatic amines is 1. The number of methoxy groups -OCH3 is 1. The molecule has 1 N–H and O–H groups in total. The molecule has 1 atom stereocenters. The Morgan fingerprint density at radius 2 is 2.04 bits per heavy atom. The van der Waals surface area contributed by atoms with Crippen LogP contribution in [0.5, 0.6) is 5.75 Å². The molecule has 1 aromatic carbocycles. The van der Waals surface area contributed by atoms with Crippen molar-refractivity contribution in [1.29, 1.82) is 0 Å². The number of fused-ring (bicyclic) bond motifs is 1. The zero-order valence-electron chi connectivity index (χ0n) is 15.1. The molecule has 1 fully saturated rings. The van der Waals surface area contributed by atoms with Crippen molar-refractivity contribution >= 4 is 17.5 Å². The normalized spacial score (nSPS) is 19.1. The molecule has 7 nitrogen and oxygen atoms in total. The molecule has 1 saturated heterocycles. The van der Waals surface area contributed by atoms with E-state index >= 15 is 0 Å². The molecule has 2 aromatic rings. The van der Waals surface area contributed by atoms with Crippen LogP contribution in [0.3, 0.4) is 0 Å². The van der Waals surface area contributed by atoms with Crippen LogP contribution in [0.4, 0.5) is 5.69 Å². The Hall–Kier alpha value is -3.09. The highest BCUT2D eigenvalue weighted by molar-refractivity contribution is 6.01. The second kappa shape index (κ2) is 6.90. The molecular formula is C20H21N3O4. The van der Waals surface area contributed by atoms with Crippen molar-refractivity contribution in [3.05, 3.63) is 58.0 Å². The number of rotatable bonds is 3. The van der Waals surface area contributed by atoms with Crippen LogP contribution in [0.1, 0.15) is 17.5 Å². The number of pyridine rings is 1. The first kappa shape index (κ1) is 17.3. The fourth-order valence-corrected chi connectivity index (χ4v) is 3.87. The lowest BCUT2D eigenvalue weighted by molar-refractivity contribution is -0.136. The van der Waals surface area contributed by atoms with Crippen LogP contribution >= 0.6 is 0 Å². The summed E-state index contributed by atoms with van der Waals surface area (Å²) in [5.74, 6) is 0.165. The van der Waals surface area contributed by atoms with Gasteiger partial charge in [-0.3, -0.25) is 14.4 Å². The third kappa shape index (κ3) is 3.20. The summed E-state index contributed by atoms with van der Waals surface area (Å²) in [6.07, 6.45) is 2.53. The Bertz CT molecular complexity index is 952. The Balaban J connectivity index is 1.50. The number of carbonyl (C=O) groups is 2. The van der Waals surface area contributed by atoms with Gasteiger partial charge in [0.2, 0.25) is 17.4 Å². The van der Waals surface area contributed by atoms with Crippen LogP contribution in [0.2, 0.25) is 0 Å². The summed E-state index contributed by atoms with van der Waals surface area (Å²) in [6, 6.07) is 8.93. The third-order valence-electron chi connectivity index (χ3n) is 5.28. The average molecular weight is 367 g/mol. The molecule has 2 amide bonds. The lowest BCUT2D eigenvalue weighted by Crippen LogP contribution is -2.41. The molecule has 140 valence electrons. The first-order valence-corrected chi connectivity index (χ1v) is 8.99. The Morgan fingerprint density at radius 3 is 2.85 bits per heavy atom. The van der Waals surface area contributed by atoms with Gasteiger partial charge in [0.15, 0.2) is 0 Å². The number of para-hydroxylation sites is 2. The van der Waals surface area contributed by atoms with Crippen molar-refractivity contribution in [3.63, 3.8) is 0 Å². The maximum Gasteiger partial charge on any atom is 0.248 e. The maximum atomic E-state index is 13.0. The molecule has 7 heteroatoms. The predicted molar refractivity (Wildman–Crippen MR) is 99.6 cm³/mol. The number of nitrogens with zero attached hydrogens (tertiary/aromatic N) is 2. The monoisotopic (exact) mass is 367 g/mol. The van der Waals surface area contributed by atoms with Gasteiger partial charge < -0.3 is 19.5 Å². The molecule has 27 heavy (non-hydrogen) atoms. The van der Waals surface area contributed by atoms with E-state index in [1.807, 2.05) is 18.2 Å². The van der Waals surface area contributed by atoms with Gasteiger partial charge in [0.25, 0.3) is 0 Å². The highest BCUT2D eigenvalue weighted by atomic mass is 16.5. The van der Waals surface area contributed by atoms with E-state index in [1.165, 1.54) is 0 Å². The SMILES string of the molecule is COc1ccccc1N1CC(C(=O)N2CCc3cc(=O)[nH]cc3C2)CC1=O. The maximum absolute atomic E-state index is 13.0. The summed E-state index contributed by atoms with van der Waals surface area (Å²) in [7, 11) is 1.57. The van der Waals surface area contributed by atoms with E-state index in [0.29, 0.717) is 37.5 Å². The lowest BCUT2D eigenvalue weighted by Gasteiger charge is -2.30. The zero-order valence-corrected chi connectivity index (χ0v) is 15.1. The minimum Gasteiger partial charge on any atom is -0.495 e. The van der Waals surface area contributed by atoms with Crippen molar-refractivity contribution in [3.8, 4) is 5.75 Å². The molecule has 3 heterocycles. The number of nitrogens with one attached hydrogen (secondary N) is 1. The average Bonchev–Trinajstić information content (AvgIpc) is 3.08. The van der Waals surface area contributed by atoms with Gasteiger partial charge >= 0.3 is 0 Å². The highest BCUT2D eigenvalue weighted by Gasteiger charge is 2.38. The predicted octanol–water partition coefficient (Wildman–Crippen LogP) is 1.32. The van der Waals surface area contributed by atoms with E-state index < -0.39 is 0 Å². The summed E-state index contributed by atoms with van der Waals surface area (Å²) in [6.45, 7) is 1.38. The number of anilines is 1. The minimum absolute atomic E-state index is 0.0161. The molecule has 2 aliphatic heterocycles. The molecule has 2 aliphatic rings. The number of ether oxygens (including phenoxy) is 1. The fourth-order valence-electron chi connectivity index (χ4n) is 3.87. The molecule has 0 saturated carbocycles. The first-order chi connectivity index (χ1) is 13.1. The van der Waals surface area contributed by atoms with Gasteiger partial charge in [-0.05, 0) is 29.7 Å². The van der Waals surface area contributed by atoms with Crippen LogP contribution in [0.25, 0.3) is 0 Å². The third-order valence-corrected chi connectivity index (χ3v) is 5.28. The topological polar surface area (TPSA) is 82.7 Å². The summed E-state index contributed by atoms with van der Waals surface area (Å²) in [5.41, 5.74) is 2.52. The second-order valence-corrected chi connectivity index (χ2v) is 6.93. The fraction of sp³-hybridized carbons (Fsp3) is 0.350. The van der Waals surface area contributed by atoms with Gasteiger partial charge in [-0.2, -0.15) is 0 Å². The summed E-state index contributed by atoms with van der Waals surface area (Å²) in [5, 5.41) is 0. The lowest BCUT2D eigenvalue weighted by atomic mass is 9.99. The largest absolute Gasteiger partial charge is 0.495 e.